The standard InChI is InChI=1S/C19H17ClN4O2/c1-26-17-4-3-15(20)10-16(17)24-19(25)14-2-5-18(23-12-14)22-11-13-6-8-21-9-7-13/h2-10,12H,11H2,1H3,(H,22,23)(H,24,25). The van der Waals surface area contributed by atoms with Crippen LogP contribution in [0.5, 0.6) is 5.75 Å². The second-order valence-electron chi connectivity index (χ2n) is 5.44. The van der Waals surface area contributed by atoms with E-state index in [0.717, 1.165) is 5.56 Å². The van der Waals surface area contributed by atoms with E-state index in [2.05, 4.69) is 20.6 Å². The van der Waals surface area contributed by atoms with Gasteiger partial charge in [0.2, 0.25) is 0 Å². The van der Waals surface area contributed by atoms with Crippen molar-refractivity contribution < 1.29 is 9.53 Å². The van der Waals surface area contributed by atoms with Crippen molar-refractivity contribution >= 4 is 29.0 Å². The maximum Gasteiger partial charge on any atom is 0.257 e. The molecule has 0 aliphatic carbocycles. The van der Waals surface area contributed by atoms with Gasteiger partial charge in [0.05, 0.1) is 18.4 Å². The SMILES string of the molecule is COc1ccc(Cl)cc1NC(=O)c1ccc(NCc2ccncc2)nc1. The number of rotatable bonds is 6. The summed E-state index contributed by atoms with van der Waals surface area (Å²) in [6.07, 6.45) is 4.99. The number of carbonyl (C=O) groups excluding carboxylic acids is 1. The number of hydrogen-bond acceptors (Lipinski definition) is 5. The summed E-state index contributed by atoms with van der Waals surface area (Å²) in [4.78, 5) is 20.7. The summed E-state index contributed by atoms with van der Waals surface area (Å²) in [5.74, 6) is 0.920. The summed E-state index contributed by atoms with van der Waals surface area (Å²) in [5.41, 5.74) is 2.03. The van der Waals surface area contributed by atoms with Gasteiger partial charge in [-0.05, 0) is 48.0 Å². The average molecular weight is 369 g/mol. The maximum atomic E-state index is 12.4. The van der Waals surface area contributed by atoms with Gasteiger partial charge < -0.3 is 15.4 Å². The fourth-order valence-electron chi connectivity index (χ4n) is 2.30. The highest BCUT2D eigenvalue weighted by molar-refractivity contribution is 6.31. The Bertz CT molecular complexity index is 886. The van der Waals surface area contributed by atoms with E-state index in [1.165, 1.54) is 13.3 Å². The molecule has 0 aliphatic heterocycles. The van der Waals surface area contributed by atoms with Crippen LogP contribution in [0.3, 0.4) is 0 Å². The van der Waals surface area contributed by atoms with Gasteiger partial charge in [-0.25, -0.2) is 4.98 Å². The molecule has 0 atom stereocenters. The number of pyridine rings is 2. The van der Waals surface area contributed by atoms with Crippen molar-refractivity contribution in [1.29, 1.82) is 0 Å². The molecule has 0 saturated heterocycles. The van der Waals surface area contributed by atoms with Crippen LogP contribution >= 0.6 is 11.6 Å². The van der Waals surface area contributed by atoms with Crippen LogP contribution in [0.4, 0.5) is 11.5 Å². The average Bonchev–Trinajstić information content (AvgIpc) is 2.68. The van der Waals surface area contributed by atoms with Crippen LogP contribution < -0.4 is 15.4 Å². The number of carbonyl (C=O) groups is 1. The maximum absolute atomic E-state index is 12.4. The van der Waals surface area contributed by atoms with Crippen molar-refractivity contribution in [2.24, 2.45) is 0 Å². The predicted octanol–water partition coefficient (Wildman–Crippen LogP) is 4.00. The van der Waals surface area contributed by atoms with Crippen molar-refractivity contribution in [3.63, 3.8) is 0 Å². The number of amides is 1. The number of hydrogen-bond donors (Lipinski definition) is 2. The molecule has 0 saturated carbocycles. The number of benzene rings is 1. The largest absolute Gasteiger partial charge is 0.495 e. The predicted molar refractivity (Wildman–Crippen MR) is 102 cm³/mol. The Morgan fingerprint density at radius 2 is 1.96 bits per heavy atom. The minimum atomic E-state index is -0.293. The molecule has 6 nitrogen and oxygen atoms in total. The van der Waals surface area contributed by atoms with E-state index in [4.69, 9.17) is 16.3 Å². The lowest BCUT2D eigenvalue weighted by Crippen LogP contribution is -2.13. The van der Waals surface area contributed by atoms with Crippen LogP contribution in [-0.2, 0) is 6.54 Å². The first-order valence-electron chi connectivity index (χ1n) is 7.89. The van der Waals surface area contributed by atoms with Crippen molar-refractivity contribution in [3.8, 4) is 5.75 Å². The zero-order valence-corrected chi connectivity index (χ0v) is 14.8. The molecule has 26 heavy (non-hydrogen) atoms. The monoisotopic (exact) mass is 368 g/mol. The van der Waals surface area contributed by atoms with E-state index in [-0.39, 0.29) is 5.91 Å². The lowest BCUT2D eigenvalue weighted by molar-refractivity contribution is 0.102. The van der Waals surface area contributed by atoms with Crippen LogP contribution in [0, 0.1) is 0 Å². The Balaban J connectivity index is 1.64. The fourth-order valence-corrected chi connectivity index (χ4v) is 2.47. The number of nitrogens with zero attached hydrogens (tertiary/aromatic N) is 2. The van der Waals surface area contributed by atoms with Gasteiger partial charge in [0.25, 0.3) is 5.91 Å². The first kappa shape index (κ1) is 17.7. The number of aromatic nitrogens is 2. The molecule has 1 amide bonds. The van der Waals surface area contributed by atoms with Crippen LogP contribution in [0.1, 0.15) is 15.9 Å². The van der Waals surface area contributed by atoms with E-state index < -0.39 is 0 Å². The van der Waals surface area contributed by atoms with Crippen molar-refractivity contribution in [3.05, 3.63) is 77.2 Å². The summed E-state index contributed by atoms with van der Waals surface area (Å²) >= 11 is 5.98. The minimum absolute atomic E-state index is 0.293. The molecular weight excluding hydrogens is 352 g/mol. The van der Waals surface area contributed by atoms with Crippen molar-refractivity contribution in [2.75, 3.05) is 17.7 Å². The Morgan fingerprint density at radius 3 is 2.65 bits per heavy atom. The van der Waals surface area contributed by atoms with Gasteiger partial charge in [-0.1, -0.05) is 11.6 Å². The topological polar surface area (TPSA) is 76.1 Å². The smallest absolute Gasteiger partial charge is 0.257 e. The number of methoxy groups -OCH3 is 1. The minimum Gasteiger partial charge on any atom is -0.495 e. The molecule has 0 bridgehead atoms. The Labute approximate surface area is 156 Å². The van der Waals surface area contributed by atoms with Crippen LogP contribution in [0.2, 0.25) is 5.02 Å². The fraction of sp³-hybridized carbons (Fsp3) is 0.105. The number of nitrogens with one attached hydrogen (secondary N) is 2. The quantitative estimate of drug-likeness (QED) is 0.687. The zero-order chi connectivity index (χ0) is 18.4. The number of ether oxygens (including phenoxy) is 1. The van der Waals surface area contributed by atoms with Crippen LogP contribution in [-0.4, -0.2) is 23.0 Å². The van der Waals surface area contributed by atoms with Crippen molar-refractivity contribution in [2.45, 2.75) is 6.54 Å². The van der Waals surface area contributed by atoms with E-state index in [1.807, 2.05) is 12.1 Å². The second-order valence-corrected chi connectivity index (χ2v) is 5.88. The normalized spacial score (nSPS) is 10.2. The molecule has 7 heteroatoms. The molecule has 3 rings (SSSR count). The lowest BCUT2D eigenvalue weighted by Gasteiger charge is -2.11. The van der Waals surface area contributed by atoms with Gasteiger partial charge in [-0.15, -0.1) is 0 Å². The molecule has 2 heterocycles. The molecule has 2 aromatic heterocycles. The summed E-state index contributed by atoms with van der Waals surface area (Å²) in [7, 11) is 1.53. The molecule has 1 aromatic carbocycles. The summed E-state index contributed by atoms with van der Waals surface area (Å²) in [5, 5.41) is 6.48. The molecule has 0 spiro atoms. The van der Waals surface area contributed by atoms with Gasteiger partial charge in [0.15, 0.2) is 0 Å². The molecule has 0 fully saturated rings. The van der Waals surface area contributed by atoms with Gasteiger partial charge in [0.1, 0.15) is 11.6 Å². The Morgan fingerprint density at radius 1 is 1.15 bits per heavy atom. The van der Waals surface area contributed by atoms with E-state index in [0.29, 0.717) is 34.4 Å². The summed E-state index contributed by atoms with van der Waals surface area (Å²) in [6.45, 7) is 0.626. The number of anilines is 2. The summed E-state index contributed by atoms with van der Waals surface area (Å²) in [6, 6.07) is 12.3. The highest BCUT2D eigenvalue weighted by atomic mass is 35.5. The van der Waals surface area contributed by atoms with Crippen LogP contribution in [0.15, 0.2) is 61.1 Å². The molecular formula is C19H17ClN4O2. The molecule has 132 valence electrons. The molecule has 0 radical (unpaired) electrons. The Hall–Kier alpha value is -3.12. The van der Waals surface area contributed by atoms with Gasteiger partial charge in [0, 0.05) is 30.2 Å². The van der Waals surface area contributed by atoms with Gasteiger partial charge in [-0.3, -0.25) is 9.78 Å². The van der Waals surface area contributed by atoms with Gasteiger partial charge in [-0.2, -0.15) is 0 Å². The number of halogens is 1. The van der Waals surface area contributed by atoms with E-state index in [9.17, 15) is 4.79 Å². The second kappa shape index (κ2) is 8.31. The lowest BCUT2D eigenvalue weighted by atomic mass is 10.2. The zero-order valence-electron chi connectivity index (χ0n) is 14.1. The third-order valence-electron chi connectivity index (χ3n) is 3.66. The molecule has 2 N–H and O–H groups in total. The van der Waals surface area contributed by atoms with E-state index >= 15 is 0 Å². The highest BCUT2D eigenvalue weighted by Gasteiger charge is 2.11. The van der Waals surface area contributed by atoms with E-state index in [1.54, 1.807) is 42.7 Å². The summed E-state index contributed by atoms with van der Waals surface area (Å²) < 4.78 is 5.23. The molecule has 0 unspecified atom stereocenters. The van der Waals surface area contributed by atoms with Crippen molar-refractivity contribution in [1.82, 2.24) is 9.97 Å². The Kier molecular flexibility index (Phi) is 5.66. The van der Waals surface area contributed by atoms with Gasteiger partial charge >= 0.3 is 0 Å². The first-order chi connectivity index (χ1) is 12.7. The third-order valence-corrected chi connectivity index (χ3v) is 3.89. The third kappa shape index (κ3) is 4.49. The van der Waals surface area contributed by atoms with Crippen LogP contribution in [0.25, 0.3) is 0 Å². The highest BCUT2D eigenvalue weighted by Crippen LogP contribution is 2.28. The first-order valence-corrected chi connectivity index (χ1v) is 8.27. The molecule has 0 aliphatic rings. The molecule has 3 aromatic rings.